The van der Waals surface area contributed by atoms with Gasteiger partial charge in [-0.3, -0.25) is 4.79 Å². The Hall–Kier alpha value is -3.07. The van der Waals surface area contributed by atoms with Gasteiger partial charge in [0.2, 0.25) is 0 Å². The summed E-state index contributed by atoms with van der Waals surface area (Å²) in [6, 6.07) is 22.5. The quantitative estimate of drug-likeness (QED) is 0.561. The summed E-state index contributed by atoms with van der Waals surface area (Å²) in [6.07, 6.45) is 3.86. The fourth-order valence-electron chi connectivity index (χ4n) is 3.71. The average molecular weight is 326 g/mol. The molecule has 0 bridgehead atoms. The highest BCUT2D eigenvalue weighted by molar-refractivity contribution is 5.99. The molecule has 4 aromatic rings. The van der Waals surface area contributed by atoms with Gasteiger partial charge in [-0.1, -0.05) is 48.5 Å². The molecular weight excluding hydrogens is 308 g/mol. The van der Waals surface area contributed by atoms with E-state index in [0.717, 1.165) is 23.7 Å². The lowest BCUT2D eigenvalue weighted by Gasteiger charge is -2.20. The minimum absolute atomic E-state index is 0.0121. The summed E-state index contributed by atoms with van der Waals surface area (Å²) in [5, 5.41) is 6.85. The third-order valence-electron chi connectivity index (χ3n) is 5.23. The zero-order valence-electron chi connectivity index (χ0n) is 13.8. The molecule has 1 aliphatic rings. The van der Waals surface area contributed by atoms with Crippen molar-refractivity contribution in [1.82, 2.24) is 10.3 Å². The lowest BCUT2D eigenvalue weighted by atomic mass is 9.96. The molecule has 0 radical (unpaired) electrons. The molecule has 0 aliphatic heterocycles. The highest BCUT2D eigenvalue weighted by Crippen LogP contribution is 2.48. The molecule has 25 heavy (non-hydrogen) atoms. The van der Waals surface area contributed by atoms with Crippen LogP contribution in [0.5, 0.6) is 0 Å². The number of carbonyl (C=O) groups is 1. The van der Waals surface area contributed by atoms with Crippen molar-refractivity contribution in [1.29, 1.82) is 0 Å². The number of fused-ring (bicyclic) bond motifs is 2. The van der Waals surface area contributed by atoms with E-state index in [0.29, 0.717) is 5.56 Å². The van der Waals surface area contributed by atoms with Crippen molar-refractivity contribution in [2.45, 2.75) is 18.4 Å². The molecule has 1 heterocycles. The summed E-state index contributed by atoms with van der Waals surface area (Å²) in [6.45, 7) is 0. The van der Waals surface area contributed by atoms with Crippen molar-refractivity contribution < 1.29 is 4.79 Å². The Morgan fingerprint density at radius 3 is 2.64 bits per heavy atom. The molecule has 0 spiro atoms. The van der Waals surface area contributed by atoms with Gasteiger partial charge >= 0.3 is 0 Å². The van der Waals surface area contributed by atoms with E-state index in [2.05, 4.69) is 52.8 Å². The number of benzene rings is 3. The van der Waals surface area contributed by atoms with Gasteiger partial charge in [-0.15, -0.1) is 0 Å². The SMILES string of the molecule is O=C(NC1(c2cccc3ccccc23)CC1)c1ccc2cc[nH]c2c1. The Bertz CT molecular complexity index is 1100. The first kappa shape index (κ1) is 14.3. The molecule has 0 saturated heterocycles. The van der Waals surface area contributed by atoms with Crippen LogP contribution in [0, 0.1) is 0 Å². The number of rotatable bonds is 3. The second-order valence-electron chi connectivity index (χ2n) is 6.84. The number of H-pyrrole nitrogens is 1. The van der Waals surface area contributed by atoms with Gasteiger partial charge in [-0.25, -0.2) is 0 Å². The van der Waals surface area contributed by atoms with Crippen molar-refractivity contribution in [2.75, 3.05) is 0 Å². The van der Waals surface area contributed by atoms with Crippen LogP contribution in [-0.2, 0) is 5.54 Å². The maximum absolute atomic E-state index is 12.9. The van der Waals surface area contributed by atoms with Crippen LogP contribution in [0.25, 0.3) is 21.7 Å². The molecule has 3 nitrogen and oxygen atoms in total. The molecule has 1 aromatic heterocycles. The monoisotopic (exact) mass is 326 g/mol. The molecule has 5 rings (SSSR count). The Morgan fingerprint density at radius 1 is 0.920 bits per heavy atom. The highest BCUT2D eigenvalue weighted by atomic mass is 16.1. The Balaban J connectivity index is 1.51. The number of nitrogens with one attached hydrogen (secondary N) is 2. The Labute approximate surface area is 145 Å². The average Bonchev–Trinajstić information content (AvgIpc) is 3.27. The van der Waals surface area contributed by atoms with Gasteiger partial charge in [0.15, 0.2) is 0 Å². The first-order valence-electron chi connectivity index (χ1n) is 8.63. The van der Waals surface area contributed by atoms with Crippen LogP contribution >= 0.6 is 0 Å². The first-order chi connectivity index (χ1) is 12.3. The summed E-state index contributed by atoms with van der Waals surface area (Å²) in [4.78, 5) is 16.0. The molecule has 122 valence electrons. The van der Waals surface area contributed by atoms with Gasteiger partial charge in [0.05, 0.1) is 5.54 Å². The Morgan fingerprint density at radius 2 is 1.76 bits per heavy atom. The van der Waals surface area contributed by atoms with Gasteiger partial charge < -0.3 is 10.3 Å². The first-order valence-corrected chi connectivity index (χ1v) is 8.63. The lowest BCUT2D eigenvalue weighted by molar-refractivity contribution is 0.0931. The maximum atomic E-state index is 12.9. The predicted octanol–water partition coefficient (Wildman–Crippen LogP) is 4.74. The van der Waals surface area contributed by atoms with Crippen LogP contribution in [0.3, 0.4) is 0 Å². The summed E-state index contributed by atoms with van der Waals surface area (Å²) >= 11 is 0. The van der Waals surface area contributed by atoms with Gasteiger partial charge in [0.1, 0.15) is 0 Å². The molecule has 1 saturated carbocycles. The van der Waals surface area contributed by atoms with Crippen molar-refractivity contribution in [2.24, 2.45) is 0 Å². The smallest absolute Gasteiger partial charge is 0.252 e. The molecule has 1 aliphatic carbocycles. The minimum atomic E-state index is -0.233. The maximum Gasteiger partial charge on any atom is 0.252 e. The standard InChI is InChI=1S/C22H18N2O/c25-21(17-9-8-16-10-13-23-20(16)14-17)24-22(11-12-22)19-7-3-5-15-4-1-2-6-18(15)19/h1-10,13-14,23H,11-12H2,(H,24,25). The zero-order chi connectivity index (χ0) is 16.9. The normalized spacial score (nSPS) is 15.4. The fraction of sp³-hybridized carbons (Fsp3) is 0.136. The molecule has 3 heteroatoms. The van der Waals surface area contributed by atoms with Gasteiger partial charge in [0, 0.05) is 17.3 Å². The molecule has 0 atom stereocenters. The molecule has 1 fully saturated rings. The van der Waals surface area contributed by atoms with E-state index in [1.807, 2.05) is 30.5 Å². The lowest BCUT2D eigenvalue weighted by Crippen LogP contribution is -2.35. The van der Waals surface area contributed by atoms with Crippen LogP contribution in [0.2, 0.25) is 0 Å². The van der Waals surface area contributed by atoms with Crippen LogP contribution in [-0.4, -0.2) is 10.9 Å². The number of aromatic nitrogens is 1. The van der Waals surface area contributed by atoms with Crippen LogP contribution < -0.4 is 5.32 Å². The number of hydrogen-bond acceptors (Lipinski definition) is 1. The zero-order valence-corrected chi connectivity index (χ0v) is 13.8. The van der Waals surface area contributed by atoms with E-state index in [1.165, 1.54) is 16.3 Å². The third-order valence-corrected chi connectivity index (χ3v) is 5.23. The van der Waals surface area contributed by atoms with Crippen molar-refractivity contribution in [3.05, 3.63) is 84.1 Å². The van der Waals surface area contributed by atoms with E-state index in [-0.39, 0.29) is 11.4 Å². The summed E-state index contributed by atoms with van der Waals surface area (Å²) in [5.41, 5.74) is 2.67. The molecule has 1 amide bonds. The van der Waals surface area contributed by atoms with Gasteiger partial charge in [-0.2, -0.15) is 0 Å². The minimum Gasteiger partial charge on any atom is -0.361 e. The largest absolute Gasteiger partial charge is 0.361 e. The topological polar surface area (TPSA) is 44.9 Å². The second-order valence-corrected chi connectivity index (χ2v) is 6.84. The van der Waals surface area contributed by atoms with Crippen molar-refractivity contribution >= 4 is 27.6 Å². The van der Waals surface area contributed by atoms with Gasteiger partial charge in [0.25, 0.3) is 5.91 Å². The fourth-order valence-corrected chi connectivity index (χ4v) is 3.71. The van der Waals surface area contributed by atoms with E-state index in [1.54, 1.807) is 0 Å². The molecule has 0 unspecified atom stereocenters. The predicted molar refractivity (Wildman–Crippen MR) is 101 cm³/mol. The second kappa shape index (κ2) is 5.21. The van der Waals surface area contributed by atoms with Crippen molar-refractivity contribution in [3.8, 4) is 0 Å². The van der Waals surface area contributed by atoms with Gasteiger partial charge in [-0.05, 0) is 52.8 Å². The number of aromatic amines is 1. The van der Waals surface area contributed by atoms with E-state index < -0.39 is 0 Å². The molecule has 2 N–H and O–H groups in total. The summed E-state index contributed by atoms with van der Waals surface area (Å²) < 4.78 is 0. The molecule has 3 aromatic carbocycles. The highest BCUT2D eigenvalue weighted by Gasteiger charge is 2.46. The summed E-state index contributed by atoms with van der Waals surface area (Å²) in [5.74, 6) is -0.0121. The number of amides is 1. The Kier molecular flexibility index (Phi) is 2.98. The third kappa shape index (κ3) is 2.31. The van der Waals surface area contributed by atoms with E-state index in [9.17, 15) is 4.79 Å². The molecular formula is C22H18N2O. The van der Waals surface area contributed by atoms with E-state index in [4.69, 9.17) is 0 Å². The van der Waals surface area contributed by atoms with E-state index >= 15 is 0 Å². The van der Waals surface area contributed by atoms with Crippen molar-refractivity contribution in [3.63, 3.8) is 0 Å². The number of carbonyl (C=O) groups excluding carboxylic acids is 1. The van der Waals surface area contributed by atoms with Crippen LogP contribution in [0.4, 0.5) is 0 Å². The number of hydrogen-bond donors (Lipinski definition) is 2. The van der Waals surface area contributed by atoms with Crippen LogP contribution in [0.15, 0.2) is 72.9 Å². The summed E-state index contributed by atoms with van der Waals surface area (Å²) in [7, 11) is 0. The van der Waals surface area contributed by atoms with Crippen LogP contribution in [0.1, 0.15) is 28.8 Å².